The molecular weight excluding hydrogens is 717 g/mol. The molecule has 0 amide bonds. The summed E-state index contributed by atoms with van der Waals surface area (Å²) in [6.07, 6.45) is 0. The lowest BCUT2D eigenvalue weighted by Crippen LogP contribution is -2.03. The monoisotopic (exact) mass is 750 g/mol. The lowest BCUT2D eigenvalue weighted by molar-refractivity contribution is 1.08. The fourth-order valence-corrected chi connectivity index (χ4v) is 9.05. The zero-order valence-corrected chi connectivity index (χ0v) is 31.9. The second-order valence-electron chi connectivity index (χ2n) is 15.2. The normalized spacial score (nSPS) is 11.7. The molecule has 10 aromatic carbocycles. The third-order valence-corrected chi connectivity index (χ3v) is 11.8. The molecule has 0 unspecified atom stereocenters. The molecule has 59 heavy (non-hydrogen) atoms. The molecule has 0 saturated heterocycles. The molecule has 274 valence electrons. The molecule has 0 atom stereocenters. The number of rotatable bonds is 5. The van der Waals surface area contributed by atoms with Crippen LogP contribution in [-0.4, -0.2) is 19.5 Å². The van der Waals surface area contributed by atoms with Gasteiger partial charge in [-0.25, -0.2) is 15.0 Å². The fraction of sp³-hybridized carbons (Fsp3) is 0. The molecule has 0 aliphatic carbocycles. The number of hydrogen-bond acceptors (Lipinski definition) is 3. The molecule has 0 radical (unpaired) electrons. The average molecular weight is 751 g/mol. The van der Waals surface area contributed by atoms with Crippen LogP contribution in [0.15, 0.2) is 206 Å². The highest BCUT2D eigenvalue weighted by Gasteiger charge is 2.24. The first kappa shape index (κ1) is 33.2. The topological polar surface area (TPSA) is 43.6 Å². The standard InChI is InChI=1S/C55H34N4/c1-2-15-35(16-3-1)38-21-14-22-42(32-38)59-50-28-13-12-27-47(50)48-33-40-20-7-9-24-44(40)51(52(48)59)55-57-53(41-30-29-36-17-4-5-18-37(36)31-41)56-54(58-55)49-34-39-19-6-8-23-43(39)45-25-10-11-26-46(45)49/h1-34H. The zero-order chi connectivity index (χ0) is 38.9. The lowest BCUT2D eigenvalue weighted by Gasteiger charge is -2.16. The van der Waals surface area contributed by atoms with Crippen LogP contribution < -0.4 is 0 Å². The summed E-state index contributed by atoms with van der Waals surface area (Å²) in [6.45, 7) is 0. The molecular formula is C55H34N4. The highest BCUT2D eigenvalue weighted by Crippen LogP contribution is 2.43. The first-order valence-corrected chi connectivity index (χ1v) is 20.0. The van der Waals surface area contributed by atoms with Crippen molar-refractivity contribution < 1.29 is 0 Å². The largest absolute Gasteiger partial charge is 0.308 e. The van der Waals surface area contributed by atoms with Crippen molar-refractivity contribution in [1.82, 2.24) is 19.5 Å². The van der Waals surface area contributed by atoms with Crippen molar-refractivity contribution in [2.75, 3.05) is 0 Å². The minimum atomic E-state index is 0.625. The third kappa shape index (κ3) is 5.42. The molecule has 12 rings (SSSR count). The van der Waals surface area contributed by atoms with E-state index in [1.54, 1.807) is 0 Å². The van der Waals surface area contributed by atoms with Crippen molar-refractivity contribution in [1.29, 1.82) is 0 Å². The Hall–Kier alpha value is -7.95. The van der Waals surface area contributed by atoms with Gasteiger partial charge in [-0.1, -0.05) is 170 Å². The summed E-state index contributed by atoms with van der Waals surface area (Å²) in [4.78, 5) is 16.4. The summed E-state index contributed by atoms with van der Waals surface area (Å²) in [6, 6.07) is 73.4. The van der Waals surface area contributed by atoms with E-state index in [0.29, 0.717) is 17.5 Å². The summed E-state index contributed by atoms with van der Waals surface area (Å²) in [7, 11) is 0. The van der Waals surface area contributed by atoms with Crippen LogP contribution in [-0.2, 0) is 0 Å². The van der Waals surface area contributed by atoms with Crippen LogP contribution in [0.2, 0.25) is 0 Å². The molecule has 2 heterocycles. The highest BCUT2D eigenvalue weighted by atomic mass is 15.0. The Balaban J connectivity index is 1.22. The Bertz CT molecular complexity index is 3620. The number of fused-ring (bicyclic) bond motifs is 8. The van der Waals surface area contributed by atoms with E-state index in [-0.39, 0.29) is 0 Å². The molecule has 0 bridgehead atoms. The van der Waals surface area contributed by atoms with Crippen LogP contribution >= 0.6 is 0 Å². The summed E-state index contributed by atoms with van der Waals surface area (Å²) in [5, 5.41) is 11.4. The van der Waals surface area contributed by atoms with Gasteiger partial charge in [-0.05, 0) is 90.6 Å². The van der Waals surface area contributed by atoms with E-state index < -0.39 is 0 Å². The van der Waals surface area contributed by atoms with Gasteiger partial charge in [0, 0.05) is 27.6 Å². The minimum Gasteiger partial charge on any atom is -0.308 e. The number of aromatic nitrogens is 4. The zero-order valence-electron chi connectivity index (χ0n) is 31.9. The molecule has 0 N–H and O–H groups in total. The van der Waals surface area contributed by atoms with Crippen molar-refractivity contribution in [2.45, 2.75) is 0 Å². The summed E-state index contributed by atoms with van der Waals surface area (Å²) in [5.41, 5.74) is 8.44. The van der Waals surface area contributed by atoms with Crippen molar-refractivity contribution in [2.24, 2.45) is 0 Å². The van der Waals surface area contributed by atoms with Crippen molar-refractivity contribution >= 4 is 64.9 Å². The van der Waals surface area contributed by atoms with E-state index in [0.717, 1.165) is 71.3 Å². The van der Waals surface area contributed by atoms with E-state index in [9.17, 15) is 0 Å². The van der Waals surface area contributed by atoms with Gasteiger partial charge in [-0.2, -0.15) is 0 Å². The number of nitrogens with zero attached hydrogens (tertiary/aromatic N) is 4. The first-order valence-electron chi connectivity index (χ1n) is 20.0. The van der Waals surface area contributed by atoms with E-state index in [2.05, 4.69) is 211 Å². The predicted molar refractivity (Wildman–Crippen MR) is 246 cm³/mol. The number of para-hydroxylation sites is 1. The average Bonchev–Trinajstić information content (AvgIpc) is 3.64. The van der Waals surface area contributed by atoms with Gasteiger partial charge in [-0.15, -0.1) is 0 Å². The second-order valence-corrected chi connectivity index (χ2v) is 15.2. The molecule has 0 aliphatic rings. The summed E-state index contributed by atoms with van der Waals surface area (Å²) >= 11 is 0. The minimum absolute atomic E-state index is 0.625. The molecule has 0 saturated carbocycles. The van der Waals surface area contributed by atoms with Gasteiger partial charge in [-0.3, -0.25) is 0 Å². The van der Waals surface area contributed by atoms with E-state index in [1.165, 1.54) is 27.1 Å². The summed E-state index contributed by atoms with van der Waals surface area (Å²) in [5.74, 6) is 1.89. The molecule has 0 spiro atoms. The molecule has 0 aliphatic heterocycles. The quantitative estimate of drug-likeness (QED) is 0.165. The lowest BCUT2D eigenvalue weighted by atomic mass is 9.96. The molecule has 4 heteroatoms. The predicted octanol–water partition coefficient (Wildman–Crippen LogP) is 14.2. The van der Waals surface area contributed by atoms with E-state index >= 15 is 0 Å². The maximum absolute atomic E-state index is 5.55. The van der Waals surface area contributed by atoms with Gasteiger partial charge >= 0.3 is 0 Å². The van der Waals surface area contributed by atoms with Gasteiger partial charge in [0.05, 0.1) is 16.6 Å². The van der Waals surface area contributed by atoms with E-state index in [4.69, 9.17) is 15.0 Å². The van der Waals surface area contributed by atoms with Crippen LogP contribution in [0.25, 0.3) is 116 Å². The van der Waals surface area contributed by atoms with Crippen molar-refractivity contribution in [3.63, 3.8) is 0 Å². The van der Waals surface area contributed by atoms with Gasteiger partial charge in [0.1, 0.15) is 0 Å². The van der Waals surface area contributed by atoms with E-state index in [1.807, 2.05) is 0 Å². The van der Waals surface area contributed by atoms with Gasteiger partial charge < -0.3 is 4.57 Å². The van der Waals surface area contributed by atoms with Crippen molar-refractivity contribution in [3.05, 3.63) is 206 Å². The van der Waals surface area contributed by atoms with Gasteiger partial charge in [0.25, 0.3) is 0 Å². The first-order chi connectivity index (χ1) is 29.2. The Kier molecular flexibility index (Phi) is 7.50. The fourth-order valence-electron chi connectivity index (χ4n) is 9.05. The van der Waals surface area contributed by atoms with Crippen LogP contribution in [0, 0.1) is 0 Å². The Morgan fingerprint density at radius 3 is 1.75 bits per heavy atom. The Labute approximate surface area is 340 Å². The van der Waals surface area contributed by atoms with Crippen LogP contribution in [0.4, 0.5) is 0 Å². The highest BCUT2D eigenvalue weighted by molar-refractivity contribution is 6.21. The third-order valence-electron chi connectivity index (χ3n) is 11.8. The Morgan fingerprint density at radius 1 is 0.305 bits per heavy atom. The second kappa shape index (κ2) is 13.3. The number of benzene rings is 10. The number of hydrogen-bond donors (Lipinski definition) is 0. The van der Waals surface area contributed by atoms with Crippen molar-refractivity contribution in [3.8, 4) is 51.0 Å². The molecule has 2 aromatic heterocycles. The molecule has 4 nitrogen and oxygen atoms in total. The SMILES string of the molecule is c1ccc(-c2cccc(-n3c4ccccc4c4cc5ccccc5c(-c5nc(-c6ccc7ccccc7c6)nc(-c6cc7ccccc7c7ccccc67)n5)c43)c2)cc1. The van der Waals surface area contributed by atoms with Gasteiger partial charge in [0.15, 0.2) is 17.5 Å². The van der Waals surface area contributed by atoms with Crippen LogP contribution in [0.1, 0.15) is 0 Å². The molecule has 12 aromatic rings. The van der Waals surface area contributed by atoms with Crippen LogP contribution in [0.3, 0.4) is 0 Å². The van der Waals surface area contributed by atoms with Gasteiger partial charge in [0.2, 0.25) is 0 Å². The molecule has 0 fully saturated rings. The maximum Gasteiger partial charge on any atom is 0.166 e. The summed E-state index contributed by atoms with van der Waals surface area (Å²) < 4.78 is 2.41. The Morgan fingerprint density at radius 2 is 0.915 bits per heavy atom. The smallest absolute Gasteiger partial charge is 0.166 e. The van der Waals surface area contributed by atoms with Crippen LogP contribution in [0.5, 0.6) is 0 Å². The maximum atomic E-state index is 5.55.